The highest BCUT2D eigenvalue weighted by Gasteiger charge is 2.23. The predicted octanol–water partition coefficient (Wildman–Crippen LogP) is 5.74. The predicted molar refractivity (Wildman–Crippen MR) is 128 cm³/mol. The molecule has 1 amide bonds. The zero-order valence-corrected chi connectivity index (χ0v) is 19.2. The van der Waals surface area contributed by atoms with Gasteiger partial charge in [-0.2, -0.15) is 10.2 Å². The van der Waals surface area contributed by atoms with Crippen molar-refractivity contribution >= 4 is 11.6 Å². The quantitative estimate of drug-likeness (QED) is 0.400. The molecule has 170 valence electrons. The number of amides is 1. The molecule has 0 saturated carbocycles. The molecule has 4 rings (SSSR count). The lowest BCUT2D eigenvalue weighted by atomic mass is 9.96. The molecule has 0 aliphatic carbocycles. The molecule has 0 bridgehead atoms. The Morgan fingerprint density at radius 2 is 1.85 bits per heavy atom. The minimum Gasteiger partial charge on any atom is -0.489 e. The topological polar surface area (TPSA) is 101 Å². The maximum atomic E-state index is 13.1. The van der Waals surface area contributed by atoms with Gasteiger partial charge in [-0.15, -0.1) is 0 Å². The zero-order chi connectivity index (χ0) is 24.1. The second kappa shape index (κ2) is 9.59. The van der Waals surface area contributed by atoms with Crippen LogP contribution in [-0.2, 0) is 12.0 Å². The summed E-state index contributed by atoms with van der Waals surface area (Å²) in [5.41, 5.74) is 2.77. The number of hydrogen-bond acceptors (Lipinski definition) is 6. The van der Waals surface area contributed by atoms with Crippen LogP contribution in [0.2, 0.25) is 0 Å². The number of hydrogen-bond donors (Lipinski definition) is 1. The number of nitrogens with one attached hydrogen (secondary N) is 1. The average molecular weight is 453 g/mol. The molecule has 4 aromatic rings. The number of rotatable bonds is 6. The third-order valence-electron chi connectivity index (χ3n) is 5.05. The number of benzene rings is 3. The third kappa shape index (κ3) is 5.30. The SMILES string of the molecule is CC(C)(C)c1noc(-c2ccccc2C(=O)Nc2cccc(OCc3cccc(C#N)c3)c2)n1. The lowest BCUT2D eigenvalue weighted by molar-refractivity contribution is 0.102. The van der Waals surface area contributed by atoms with Crippen LogP contribution in [0.3, 0.4) is 0 Å². The Kier molecular flexibility index (Phi) is 6.42. The van der Waals surface area contributed by atoms with Crippen molar-refractivity contribution in [1.82, 2.24) is 10.1 Å². The molecular weight excluding hydrogens is 428 g/mol. The summed E-state index contributed by atoms with van der Waals surface area (Å²) < 4.78 is 11.3. The van der Waals surface area contributed by atoms with Crippen LogP contribution in [0.1, 0.15) is 48.1 Å². The van der Waals surface area contributed by atoms with Crippen molar-refractivity contribution in [3.8, 4) is 23.3 Å². The smallest absolute Gasteiger partial charge is 0.258 e. The third-order valence-corrected chi connectivity index (χ3v) is 5.05. The van der Waals surface area contributed by atoms with Gasteiger partial charge in [0.1, 0.15) is 12.4 Å². The summed E-state index contributed by atoms with van der Waals surface area (Å²) in [5.74, 6) is 1.17. The molecule has 0 atom stereocenters. The first kappa shape index (κ1) is 22.7. The molecule has 0 spiro atoms. The lowest BCUT2D eigenvalue weighted by Gasteiger charge is -2.11. The normalized spacial score (nSPS) is 11.0. The van der Waals surface area contributed by atoms with E-state index in [-0.39, 0.29) is 11.3 Å². The van der Waals surface area contributed by atoms with E-state index in [1.54, 1.807) is 48.5 Å². The molecule has 7 nitrogen and oxygen atoms in total. The van der Waals surface area contributed by atoms with Crippen LogP contribution in [0.5, 0.6) is 5.75 Å². The Balaban J connectivity index is 1.49. The van der Waals surface area contributed by atoms with E-state index in [1.165, 1.54) is 0 Å². The molecular formula is C27H24N4O3. The Morgan fingerprint density at radius 3 is 2.62 bits per heavy atom. The van der Waals surface area contributed by atoms with E-state index in [9.17, 15) is 4.79 Å². The van der Waals surface area contributed by atoms with Crippen LogP contribution in [-0.4, -0.2) is 16.0 Å². The average Bonchev–Trinajstić information content (AvgIpc) is 3.34. The molecule has 1 heterocycles. The fourth-order valence-electron chi connectivity index (χ4n) is 3.26. The highest BCUT2D eigenvalue weighted by molar-refractivity contribution is 6.08. The van der Waals surface area contributed by atoms with Gasteiger partial charge in [0.2, 0.25) is 0 Å². The van der Waals surface area contributed by atoms with E-state index >= 15 is 0 Å². The van der Waals surface area contributed by atoms with Crippen molar-refractivity contribution in [2.45, 2.75) is 32.8 Å². The molecule has 0 fully saturated rings. The van der Waals surface area contributed by atoms with Gasteiger partial charge in [0, 0.05) is 17.2 Å². The number of nitriles is 1. The molecule has 0 unspecified atom stereocenters. The standard InChI is InChI=1S/C27H24N4O3/c1-27(2,3)26-30-25(34-31-26)23-13-5-4-12-22(23)24(32)29-20-10-7-11-21(15-20)33-17-19-9-6-8-18(14-19)16-28/h4-15H,17H2,1-3H3,(H,29,32). The van der Waals surface area contributed by atoms with Crippen molar-refractivity contribution in [3.63, 3.8) is 0 Å². The molecule has 0 aliphatic rings. The molecule has 3 aromatic carbocycles. The van der Waals surface area contributed by atoms with E-state index in [1.807, 2.05) is 45.0 Å². The lowest BCUT2D eigenvalue weighted by Crippen LogP contribution is -2.14. The summed E-state index contributed by atoms with van der Waals surface area (Å²) in [7, 11) is 0. The monoisotopic (exact) mass is 452 g/mol. The fraction of sp³-hybridized carbons (Fsp3) is 0.185. The molecule has 7 heteroatoms. The van der Waals surface area contributed by atoms with Gasteiger partial charge in [-0.1, -0.05) is 56.3 Å². The number of nitrogens with zero attached hydrogens (tertiary/aromatic N) is 3. The van der Waals surface area contributed by atoms with Gasteiger partial charge in [0.15, 0.2) is 5.82 Å². The van der Waals surface area contributed by atoms with E-state index in [2.05, 4.69) is 21.5 Å². The maximum absolute atomic E-state index is 13.1. The molecule has 0 aliphatic heterocycles. The van der Waals surface area contributed by atoms with Crippen molar-refractivity contribution in [3.05, 3.63) is 95.3 Å². The van der Waals surface area contributed by atoms with Crippen molar-refractivity contribution < 1.29 is 14.1 Å². The fourth-order valence-corrected chi connectivity index (χ4v) is 3.26. The van der Waals surface area contributed by atoms with Gasteiger partial charge in [-0.3, -0.25) is 4.79 Å². The first-order valence-electron chi connectivity index (χ1n) is 10.8. The minimum absolute atomic E-state index is 0.269. The molecule has 1 N–H and O–H groups in total. The van der Waals surface area contributed by atoms with Crippen LogP contribution in [0.25, 0.3) is 11.5 Å². The summed E-state index contributed by atoms with van der Waals surface area (Å²) >= 11 is 0. The zero-order valence-electron chi connectivity index (χ0n) is 19.2. The van der Waals surface area contributed by atoms with E-state index in [4.69, 9.17) is 14.5 Å². The van der Waals surface area contributed by atoms with Crippen molar-refractivity contribution in [2.24, 2.45) is 0 Å². The Bertz CT molecular complexity index is 1360. The first-order valence-corrected chi connectivity index (χ1v) is 10.8. The Labute approximate surface area is 198 Å². The summed E-state index contributed by atoms with van der Waals surface area (Å²) in [4.78, 5) is 17.6. The highest BCUT2D eigenvalue weighted by atomic mass is 16.5. The molecule has 0 saturated heterocycles. The van der Waals surface area contributed by atoms with Gasteiger partial charge in [-0.25, -0.2) is 0 Å². The Morgan fingerprint density at radius 1 is 1.06 bits per heavy atom. The van der Waals surface area contributed by atoms with Crippen LogP contribution >= 0.6 is 0 Å². The van der Waals surface area contributed by atoms with E-state index in [0.29, 0.717) is 46.4 Å². The van der Waals surface area contributed by atoms with Crippen molar-refractivity contribution in [1.29, 1.82) is 5.26 Å². The van der Waals surface area contributed by atoms with Gasteiger partial charge in [0.05, 0.1) is 22.8 Å². The van der Waals surface area contributed by atoms with Gasteiger partial charge in [-0.05, 0) is 42.0 Å². The van der Waals surface area contributed by atoms with Gasteiger partial charge >= 0.3 is 0 Å². The first-order chi connectivity index (χ1) is 16.3. The van der Waals surface area contributed by atoms with Crippen LogP contribution in [0.15, 0.2) is 77.3 Å². The molecule has 34 heavy (non-hydrogen) atoms. The number of ether oxygens (including phenoxy) is 1. The second-order valence-corrected chi connectivity index (χ2v) is 8.80. The number of carbonyl (C=O) groups is 1. The number of carbonyl (C=O) groups excluding carboxylic acids is 1. The van der Waals surface area contributed by atoms with Crippen LogP contribution in [0, 0.1) is 11.3 Å². The highest BCUT2D eigenvalue weighted by Crippen LogP contribution is 2.27. The maximum Gasteiger partial charge on any atom is 0.258 e. The molecule has 0 radical (unpaired) electrons. The Hall–Kier alpha value is -4.44. The minimum atomic E-state index is -0.301. The van der Waals surface area contributed by atoms with Gasteiger partial charge < -0.3 is 14.6 Å². The summed E-state index contributed by atoms with van der Waals surface area (Å²) in [5, 5.41) is 16.0. The number of anilines is 1. The molecule has 1 aromatic heterocycles. The van der Waals surface area contributed by atoms with E-state index in [0.717, 1.165) is 5.56 Å². The van der Waals surface area contributed by atoms with Gasteiger partial charge in [0.25, 0.3) is 11.8 Å². The summed E-state index contributed by atoms with van der Waals surface area (Å²) in [6, 6.07) is 23.6. The van der Waals surface area contributed by atoms with E-state index < -0.39 is 0 Å². The van der Waals surface area contributed by atoms with Crippen LogP contribution < -0.4 is 10.1 Å². The summed E-state index contributed by atoms with van der Waals surface area (Å²) in [6.07, 6.45) is 0. The number of aromatic nitrogens is 2. The largest absolute Gasteiger partial charge is 0.489 e. The summed E-state index contributed by atoms with van der Waals surface area (Å²) in [6.45, 7) is 6.30. The van der Waals surface area contributed by atoms with Crippen LogP contribution in [0.4, 0.5) is 5.69 Å². The second-order valence-electron chi connectivity index (χ2n) is 8.80. The van der Waals surface area contributed by atoms with Crippen molar-refractivity contribution in [2.75, 3.05) is 5.32 Å².